The Morgan fingerprint density at radius 1 is 1.16 bits per heavy atom. The lowest BCUT2D eigenvalue weighted by molar-refractivity contribution is 0.0999. The molecular formula is C28H28ClN3O3S2. The lowest BCUT2D eigenvalue weighted by atomic mass is 10.0. The maximum Gasteiger partial charge on any atom is 0.292 e. The largest absolute Gasteiger partial charge is 0.490 e. The first-order chi connectivity index (χ1) is 17.6. The smallest absolute Gasteiger partial charge is 0.292 e. The molecule has 1 amide bonds. The summed E-state index contributed by atoms with van der Waals surface area (Å²) in [5.41, 5.74) is 3.95. The van der Waals surface area contributed by atoms with Crippen LogP contribution in [0.2, 0.25) is 0 Å². The van der Waals surface area contributed by atoms with Crippen LogP contribution in [0.15, 0.2) is 52.9 Å². The van der Waals surface area contributed by atoms with Gasteiger partial charge in [-0.05, 0) is 56.1 Å². The molecule has 0 fully saturated rings. The van der Waals surface area contributed by atoms with Crippen LogP contribution in [0.1, 0.15) is 41.3 Å². The number of carbonyl (C=O) groups excluding carboxylic acids is 1. The van der Waals surface area contributed by atoms with Crippen LogP contribution >= 0.6 is 35.1 Å². The Morgan fingerprint density at radius 2 is 2.03 bits per heavy atom. The van der Waals surface area contributed by atoms with Gasteiger partial charge in [-0.25, -0.2) is 4.98 Å². The highest BCUT2D eigenvalue weighted by molar-refractivity contribution is 7.23. The van der Waals surface area contributed by atoms with Gasteiger partial charge in [-0.15, -0.1) is 35.1 Å². The molecule has 192 valence electrons. The van der Waals surface area contributed by atoms with E-state index in [0.717, 1.165) is 63.7 Å². The average molecular weight is 554 g/mol. The van der Waals surface area contributed by atoms with Gasteiger partial charge in [0, 0.05) is 28.9 Å². The molecule has 0 radical (unpaired) electrons. The second-order valence-corrected chi connectivity index (χ2v) is 11.0. The summed E-state index contributed by atoms with van der Waals surface area (Å²) in [6, 6.07) is 15.7. The highest BCUT2D eigenvalue weighted by Crippen LogP contribution is 2.46. The Morgan fingerprint density at radius 3 is 2.84 bits per heavy atom. The number of thiophene rings is 1. The molecule has 0 saturated heterocycles. The van der Waals surface area contributed by atoms with Crippen LogP contribution < -0.4 is 10.1 Å². The molecule has 1 aliphatic rings. The number of halogens is 1. The second-order valence-electron chi connectivity index (χ2n) is 8.89. The monoisotopic (exact) mass is 553 g/mol. The molecule has 1 N–H and O–H groups in total. The maximum atomic E-state index is 13.4. The zero-order valence-electron chi connectivity index (χ0n) is 20.7. The van der Waals surface area contributed by atoms with Crippen molar-refractivity contribution in [2.45, 2.75) is 33.2 Å². The normalized spacial score (nSPS) is 13.5. The van der Waals surface area contributed by atoms with Crippen molar-refractivity contribution < 1.29 is 13.9 Å². The van der Waals surface area contributed by atoms with Gasteiger partial charge in [-0.2, -0.15) is 0 Å². The van der Waals surface area contributed by atoms with E-state index in [1.165, 1.54) is 10.4 Å². The quantitative estimate of drug-likeness (QED) is 0.224. The average Bonchev–Trinajstić information content (AvgIpc) is 3.59. The number of fused-ring (bicyclic) bond motifs is 3. The van der Waals surface area contributed by atoms with E-state index in [9.17, 15) is 4.79 Å². The number of benzene rings is 2. The first-order valence-electron chi connectivity index (χ1n) is 12.3. The molecule has 6 nitrogen and oxygen atoms in total. The molecule has 0 spiro atoms. The van der Waals surface area contributed by atoms with Gasteiger partial charge >= 0.3 is 0 Å². The van der Waals surface area contributed by atoms with Crippen molar-refractivity contribution in [1.29, 1.82) is 0 Å². The molecule has 4 heterocycles. The summed E-state index contributed by atoms with van der Waals surface area (Å²) < 4.78 is 12.8. The van der Waals surface area contributed by atoms with Gasteiger partial charge in [-0.1, -0.05) is 31.2 Å². The standard InChI is InChI=1S/C28H27N3O3S2.ClH/c1-3-13-31-14-12-18-23(16-31)36-28(24(18)27-29-19-9-5-6-11-22(19)35-27)30-26(32)21-15-17-8-7-10-20(33-4-2)25(17)34-21;/h5-11,15H,3-4,12-14,16H2,1-2H3,(H,30,32);1H. The number of para-hydroxylation sites is 2. The Hall–Kier alpha value is -2.91. The third-order valence-electron chi connectivity index (χ3n) is 6.44. The molecule has 0 atom stereocenters. The van der Waals surface area contributed by atoms with Gasteiger partial charge in [-0.3, -0.25) is 9.69 Å². The number of nitrogens with one attached hydrogen (secondary N) is 1. The lowest BCUT2D eigenvalue weighted by Gasteiger charge is -2.26. The van der Waals surface area contributed by atoms with E-state index in [-0.39, 0.29) is 24.1 Å². The molecule has 6 rings (SSSR count). The summed E-state index contributed by atoms with van der Waals surface area (Å²) in [7, 11) is 0. The summed E-state index contributed by atoms with van der Waals surface area (Å²) >= 11 is 3.34. The molecular weight excluding hydrogens is 526 g/mol. The van der Waals surface area contributed by atoms with Crippen LogP contribution in [-0.2, 0) is 13.0 Å². The number of carbonyl (C=O) groups is 1. The minimum atomic E-state index is -0.264. The summed E-state index contributed by atoms with van der Waals surface area (Å²) in [6.45, 7) is 7.68. The van der Waals surface area contributed by atoms with E-state index in [0.29, 0.717) is 17.9 Å². The number of hydrogen-bond acceptors (Lipinski definition) is 7. The molecule has 0 unspecified atom stereocenters. The molecule has 1 aliphatic heterocycles. The highest BCUT2D eigenvalue weighted by atomic mass is 35.5. The molecule has 2 aromatic carbocycles. The van der Waals surface area contributed by atoms with E-state index < -0.39 is 0 Å². The fourth-order valence-corrected chi connectivity index (χ4v) is 7.23. The zero-order valence-corrected chi connectivity index (χ0v) is 23.2. The number of furan rings is 1. The summed E-state index contributed by atoms with van der Waals surface area (Å²) in [4.78, 5) is 22.2. The molecule has 5 aromatic rings. The number of hydrogen-bond donors (Lipinski definition) is 1. The Bertz CT molecular complexity index is 1540. The first kappa shape index (κ1) is 25.7. The first-order valence-corrected chi connectivity index (χ1v) is 14.0. The van der Waals surface area contributed by atoms with E-state index in [1.807, 2.05) is 43.3 Å². The van der Waals surface area contributed by atoms with Crippen molar-refractivity contribution in [3.05, 3.63) is 64.7 Å². The number of amides is 1. The zero-order chi connectivity index (χ0) is 24.6. The SMILES string of the molecule is CCCN1CCc2c(sc(NC(=O)c3cc4cccc(OCC)c4o3)c2-c2nc3ccccc3s2)C1.Cl. The topological polar surface area (TPSA) is 67.6 Å². The van der Waals surface area contributed by atoms with Crippen molar-refractivity contribution in [3.63, 3.8) is 0 Å². The molecule has 37 heavy (non-hydrogen) atoms. The summed E-state index contributed by atoms with van der Waals surface area (Å²) in [6.07, 6.45) is 2.08. The number of ether oxygens (including phenoxy) is 1. The molecule has 3 aromatic heterocycles. The van der Waals surface area contributed by atoms with Crippen LogP contribution in [0.3, 0.4) is 0 Å². The van der Waals surface area contributed by atoms with Crippen LogP contribution in [0.4, 0.5) is 5.00 Å². The van der Waals surface area contributed by atoms with E-state index in [4.69, 9.17) is 14.1 Å². The van der Waals surface area contributed by atoms with E-state index in [1.54, 1.807) is 28.7 Å². The van der Waals surface area contributed by atoms with Gasteiger partial charge in [0.25, 0.3) is 5.91 Å². The lowest BCUT2D eigenvalue weighted by Crippen LogP contribution is -2.30. The highest BCUT2D eigenvalue weighted by Gasteiger charge is 2.28. The third-order valence-corrected chi connectivity index (χ3v) is 8.63. The third kappa shape index (κ3) is 4.86. The van der Waals surface area contributed by atoms with Crippen LogP contribution in [0, 0.1) is 0 Å². The van der Waals surface area contributed by atoms with Gasteiger partial charge < -0.3 is 14.5 Å². The minimum Gasteiger partial charge on any atom is -0.490 e. The van der Waals surface area contributed by atoms with E-state index >= 15 is 0 Å². The van der Waals surface area contributed by atoms with Crippen molar-refractivity contribution in [1.82, 2.24) is 9.88 Å². The number of thiazole rings is 1. The van der Waals surface area contributed by atoms with Crippen molar-refractivity contribution in [3.8, 4) is 16.3 Å². The Labute approximate surface area is 229 Å². The number of rotatable bonds is 7. The summed E-state index contributed by atoms with van der Waals surface area (Å²) in [5, 5.41) is 5.82. The van der Waals surface area contributed by atoms with Gasteiger partial charge in [0.1, 0.15) is 10.0 Å². The van der Waals surface area contributed by atoms with E-state index in [2.05, 4.69) is 23.2 Å². The summed E-state index contributed by atoms with van der Waals surface area (Å²) in [5.74, 6) is 0.651. The second kappa shape index (κ2) is 10.8. The predicted molar refractivity (Wildman–Crippen MR) is 155 cm³/mol. The Balaban J connectivity index is 0.00000280. The number of aromatic nitrogens is 1. The maximum absolute atomic E-state index is 13.4. The van der Waals surface area contributed by atoms with Crippen LogP contribution in [0.25, 0.3) is 31.8 Å². The van der Waals surface area contributed by atoms with Crippen molar-refractivity contribution >= 4 is 67.2 Å². The Kier molecular flexibility index (Phi) is 7.53. The van der Waals surface area contributed by atoms with Gasteiger partial charge in [0.2, 0.25) is 0 Å². The molecule has 0 aliphatic carbocycles. The van der Waals surface area contributed by atoms with Gasteiger partial charge in [0.15, 0.2) is 17.1 Å². The fourth-order valence-electron chi connectivity index (χ4n) is 4.84. The van der Waals surface area contributed by atoms with Crippen LogP contribution in [0.5, 0.6) is 5.75 Å². The molecule has 9 heteroatoms. The van der Waals surface area contributed by atoms with Crippen LogP contribution in [-0.4, -0.2) is 35.5 Å². The minimum absolute atomic E-state index is 0. The molecule has 0 bridgehead atoms. The van der Waals surface area contributed by atoms with Crippen molar-refractivity contribution in [2.24, 2.45) is 0 Å². The predicted octanol–water partition coefficient (Wildman–Crippen LogP) is 7.61. The molecule has 0 saturated carbocycles. The van der Waals surface area contributed by atoms with Crippen molar-refractivity contribution in [2.75, 3.05) is 25.0 Å². The number of nitrogens with zero attached hydrogens (tertiary/aromatic N) is 2. The van der Waals surface area contributed by atoms with Gasteiger partial charge in [0.05, 0.1) is 16.8 Å². The number of anilines is 1. The fraction of sp³-hybridized carbons (Fsp3) is 0.286.